The number of halogens is 1. The van der Waals surface area contributed by atoms with Crippen LogP contribution in [0.25, 0.3) is 0 Å². The Balaban J connectivity index is 1.76. The molecule has 9 nitrogen and oxygen atoms in total. The standard InChI is InChI=1S/C25H34FN3O6/c1-25(2,3)35-24(34)28-18-7-5-4-6-14(18)12-15-8-9-16-17(21(15)26)13-29(23(16)33)19(22(27)32)10-11-20(30)31/h8-9,14,18-19H,4-7,10-13H2,1-3H3,(H2,27,32)(H,28,34)(H,30,31)/t14-,18+,19+/m1/s1. The van der Waals surface area contributed by atoms with Crippen LogP contribution >= 0.6 is 0 Å². The molecule has 2 aliphatic rings. The van der Waals surface area contributed by atoms with Crippen molar-refractivity contribution in [2.45, 2.75) is 89.9 Å². The van der Waals surface area contributed by atoms with E-state index in [0.29, 0.717) is 12.0 Å². The number of carbonyl (C=O) groups excluding carboxylic acids is 3. The molecular formula is C25H34FN3O6. The minimum Gasteiger partial charge on any atom is -0.481 e. The fourth-order valence-corrected chi connectivity index (χ4v) is 4.93. The van der Waals surface area contributed by atoms with E-state index in [0.717, 1.165) is 30.6 Å². The van der Waals surface area contributed by atoms with Gasteiger partial charge in [0.1, 0.15) is 17.5 Å². The third kappa shape index (κ3) is 6.49. The topological polar surface area (TPSA) is 139 Å². The van der Waals surface area contributed by atoms with Gasteiger partial charge in [-0.25, -0.2) is 9.18 Å². The van der Waals surface area contributed by atoms with Crippen LogP contribution in [-0.4, -0.2) is 51.6 Å². The maximum atomic E-state index is 15.6. The second-order valence-corrected chi connectivity index (χ2v) is 10.3. The lowest BCUT2D eigenvalue weighted by molar-refractivity contribution is -0.137. The average molecular weight is 492 g/mol. The SMILES string of the molecule is CC(C)(C)OC(=O)N[C@H]1CCCC[C@@H]1Cc1ccc2c(c1F)CN([C@@H](CCC(=O)O)C(N)=O)C2=O. The second kappa shape index (κ2) is 10.6. The summed E-state index contributed by atoms with van der Waals surface area (Å²) in [6.45, 7) is 5.23. The van der Waals surface area contributed by atoms with E-state index in [1.807, 2.05) is 0 Å². The van der Waals surface area contributed by atoms with Gasteiger partial charge >= 0.3 is 12.1 Å². The van der Waals surface area contributed by atoms with Crippen molar-refractivity contribution in [3.8, 4) is 0 Å². The molecule has 3 amide bonds. The molecule has 0 aromatic heterocycles. The maximum absolute atomic E-state index is 15.6. The number of rotatable bonds is 8. The van der Waals surface area contributed by atoms with Crippen molar-refractivity contribution in [3.05, 3.63) is 34.6 Å². The Labute approximate surface area is 204 Å². The molecule has 0 saturated heterocycles. The zero-order chi connectivity index (χ0) is 25.9. The molecule has 1 saturated carbocycles. The number of aliphatic carboxylic acids is 1. The van der Waals surface area contributed by atoms with Gasteiger partial charge < -0.3 is 25.8 Å². The molecule has 0 bridgehead atoms. The molecule has 3 atom stereocenters. The quantitative estimate of drug-likeness (QED) is 0.511. The van der Waals surface area contributed by atoms with E-state index in [9.17, 15) is 19.2 Å². The van der Waals surface area contributed by atoms with Crippen molar-refractivity contribution >= 4 is 23.9 Å². The molecule has 4 N–H and O–H groups in total. The number of alkyl carbamates (subject to hydrolysis) is 1. The Hall–Kier alpha value is -3.17. The van der Waals surface area contributed by atoms with Gasteiger partial charge in [-0.2, -0.15) is 0 Å². The van der Waals surface area contributed by atoms with Gasteiger partial charge in [0, 0.05) is 23.6 Å². The van der Waals surface area contributed by atoms with Crippen LogP contribution in [0, 0.1) is 11.7 Å². The molecule has 192 valence electrons. The lowest BCUT2D eigenvalue weighted by Crippen LogP contribution is -2.45. The van der Waals surface area contributed by atoms with Crippen molar-refractivity contribution in [3.63, 3.8) is 0 Å². The highest BCUT2D eigenvalue weighted by Gasteiger charge is 2.38. The third-order valence-corrected chi connectivity index (χ3v) is 6.57. The summed E-state index contributed by atoms with van der Waals surface area (Å²) in [5.41, 5.74) is 5.57. The summed E-state index contributed by atoms with van der Waals surface area (Å²) >= 11 is 0. The van der Waals surface area contributed by atoms with Crippen LogP contribution in [0.5, 0.6) is 0 Å². The Bertz CT molecular complexity index is 1010. The predicted molar refractivity (Wildman–Crippen MR) is 125 cm³/mol. The maximum Gasteiger partial charge on any atom is 0.407 e. The first-order valence-corrected chi connectivity index (χ1v) is 12.0. The van der Waals surface area contributed by atoms with E-state index >= 15 is 4.39 Å². The number of carbonyl (C=O) groups is 4. The number of nitrogens with zero attached hydrogens (tertiary/aromatic N) is 1. The molecule has 1 aliphatic carbocycles. The number of carboxylic acids is 1. The molecule has 1 fully saturated rings. The molecule has 0 radical (unpaired) electrons. The highest BCUT2D eigenvalue weighted by atomic mass is 19.1. The van der Waals surface area contributed by atoms with Crippen LogP contribution in [0.4, 0.5) is 9.18 Å². The number of ether oxygens (including phenoxy) is 1. The van der Waals surface area contributed by atoms with E-state index in [1.54, 1.807) is 32.9 Å². The molecule has 0 spiro atoms. The average Bonchev–Trinajstić information content (AvgIpc) is 3.07. The highest BCUT2D eigenvalue weighted by Crippen LogP contribution is 2.33. The first-order chi connectivity index (χ1) is 16.4. The number of hydrogen-bond acceptors (Lipinski definition) is 5. The van der Waals surface area contributed by atoms with Crippen LogP contribution in [0.15, 0.2) is 12.1 Å². The lowest BCUT2D eigenvalue weighted by atomic mass is 9.80. The monoisotopic (exact) mass is 491 g/mol. The van der Waals surface area contributed by atoms with E-state index < -0.39 is 41.3 Å². The summed E-state index contributed by atoms with van der Waals surface area (Å²) in [6.07, 6.45) is 2.93. The van der Waals surface area contributed by atoms with E-state index in [2.05, 4.69) is 5.32 Å². The molecule has 10 heteroatoms. The van der Waals surface area contributed by atoms with Gasteiger partial charge in [0.2, 0.25) is 5.91 Å². The number of benzene rings is 1. The molecule has 1 aliphatic heterocycles. The van der Waals surface area contributed by atoms with E-state index in [4.69, 9.17) is 15.6 Å². The van der Waals surface area contributed by atoms with Gasteiger partial charge in [0.05, 0.1) is 6.54 Å². The Kier molecular flexibility index (Phi) is 8.02. The fourth-order valence-electron chi connectivity index (χ4n) is 4.93. The number of nitrogens with one attached hydrogen (secondary N) is 1. The van der Waals surface area contributed by atoms with Crippen molar-refractivity contribution in [2.75, 3.05) is 0 Å². The van der Waals surface area contributed by atoms with Gasteiger partial charge in [-0.15, -0.1) is 0 Å². The summed E-state index contributed by atoms with van der Waals surface area (Å²) in [4.78, 5) is 49.2. The second-order valence-electron chi connectivity index (χ2n) is 10.3. The summed E-state index contributed by atoms with van der Waals surface area (Å²) < 4.78 is 20.9. The molecule has 35 heavy (non-hydrogen) atoms. The van der Waals surface area contributed by atoms with Crippen LogP contribution in [0.3, 0.4) is 0 Å². The first kappa shape index (κ1) is 26.4. The zero-order valence-corrected chi connectivity index (χ0v) is 20.4. The predicted octanol–water partition coefficient (Wildman–Crippen LogP) is 3.13. The van der Waals surface area contributed by atoms with Crippen LogP contribution in [0.1, 0.15) is 80.8 Å². The van der Waals surface area contributed by atoms with Crippen LogP contribution < -0.4 is 11.1 Å². The van der Waals surface area contributed by atoms with Crippen molar-refractivity contribution in [1.29, 1.82) is 0 Å². The zero-order valence-electron chi connectivity index (χ0n) is 20.4. The normalized spacial score (nSPS) is 20.8. The van der Waals surface area contributed by atoms with Gasteiger partial charge in [-0.05, 0) is 64.0 Å². The lowest BCUT2D eigenvalue weighted by Gasteiger charge is -2.33. The number of hydrogen-bond donors (Lipinski definition) is 3. The number of fused-ring (bicyclic) bond motifs is 1. The van der Waals surface area contributed by atoms with Crippen molar-refractivity contribution in [1.82, 2.24) is 10.2 Å². The fraction of sp³-hybridized carbons (Fsp3) is 0.600. The van der Waals surface area contributed by atoms with Gasteiger partial charge in [-0.1, -0.05) is 18.9 Å². The van der Waals surface area contributed by atoms with Crippen molar-refractivity contribution in [2.24, 2.45) is 11.7 Å². The van der Waals surface area contributed by atoms with Gasteiger partial charge in [0.15, 0.2) is 0 Å². The smallest absolute Gasteiger partial charge is 0.407 e. The molecule has 1 aromatic rings. The van der Waals surface area contributed by atoms with Crippen LogP contribution in [-0.2, 0) is 27.3 Å². The van der Waals surface area contributed by atoms with E-state index in [1.165, 1.54) is 0 Å². The molecule has 1 heterocycles. The summed E-state index contributed by atoms with van der Waals surface area (Å²) in [6, 6.07) is 1.84. The third-order valence-electron chi connectivity index (χ3n) is 6.57. The van der Waals surface area contributed by atoms with Gasteiger partial charge in [0.25, 0.3) is 5.91 Å². The van der Waals surface area contributed by atoms with Crippen LogP contribution in [0.2, 0.25) is 0 Å². The summed E-state index contributed by atoms with van der Waals surface area (Å²) in [7, 11) is 0. The Morgan fingerprint density at radius 2 is 1.94 bits per heavy atom. The van der Waals surface area contributed by atoms with Crippen molar-refractivity contribution < 1.29 is 33.4 Å². The number of carboxylic acid groups (broad SMARTS) is 1. The molecule has 1 aromatic carbocycles. The highest BCUT2D eigenvalue weighted by molar-refractivity contribution is 6.01. The molecule has 0 unspecified atom stereocenters. The summed E-state index contributed by atoms with van der Waals surface area (Å²) in [5.74, 6) is -2.99. The number of amides is 3. The largest absolute Gasteiger partial charge is 0.481 e. The minimum absolute atomic E-state index is 0.00552. The molecular weight excluding hydrogens is 457 g/mol. The Morgan fingerprint density at radius 1 is 1.26 bits per heavy atom. The number of primary amides is 1. The number of nitrogens with two attached hydrogens (primary N) is 1. The van der Waals surface area contributed by atoms with E-state index in [-0.39, 0.29) is 42.5 Å². The minimum atomic E-state index is -1.13. The Morgan fingerprint density at radius 3 is 2.57 bits per heavy atom. The molecule has 3 rings (SSSR count). The van der Waals surface area contributed by atoms with Gasteiger partial charge in [-0.3, -0.25) is 14.4 Å². The first-order valence-electron chi connectivity index (χ1n) is 12.0. The summed E-state index contributed by atoms with van der Waals surface area (Å²) in [5, 5.41) is 11.9.